The van der Waals surface area contributed by atoms with Gasteiger partial charge in [0.2, 0.25) is 10.0 Å². The number of ether oxygens (including phenoxy) is 1. The van der Waals surface area contributed by atoms with Gasteiger partial charge in [-0.05, 0) is 49.9 Å². The fraction of sp³-hybridized carbons (Fsp3) is 0.533. The highest BCUT2D eigenvalue weighted by molar-refractivity contribution is 7.89. The van der Waals surface area contributed by atoms with E-state index in [0.29, 0.717) is 25.0 Å². The molecule has 6 nitrogen and oxygen atoms in total. The van der Waals surface area contributed by atoms with Crippen LogP contribution in [0.4, 0.5) is 0 Å². The first-order valence-electron chi connectivity index (χ1n) is 7.44. The topological polar surface area (TPSA) is 83.9 Å². The predicted octanol–water partition coefficient (Wildman–Crippen LogP) is 1.64. The third-order valence-corrected chi connectivity index (χ3v) is 6.12. The van der Waals surface area contributed by atoms with E-state index in [9.17, 15) is 18.3 Å². The van der Waals surface area contributed by atoms with Crippen LogP contribution in [0.2, 0.25) is 0 Å². The van der Waals surface area contributed by atoms with Crippen LogP contribution in [0.1, 0.15) is 31.7 Å². The molecule has 3 rings (SSSR count). The van der Waals surface area contributed by atoms with Crippen molar-refractivity contribution >= 4 is 16.0 Å². The van der Waals surface area contributed by atoms with E-state index in [2.05, 4.69) is 0 Å². The van der Waals surface area contributed by atoms with Gasteiger partial charge in [-0.3, -0.25) is 4.79 Å². The van der Waals surface area contributed by atoms with Crippen molar-refractivity contribution in [2.24, 2.45) is 0 Å². The molecule has 0 aliphatic carbocycles. The molecular formula is C15H19NO5S. The van der Waals surface area contributed by atoms with Crippen LogP contribution in [0.3, 0.4) is 0 Å². The molecule has 1 aromatic rings. The molecule has 120 valence electrons. The molecule has 2 aliphatic heterocycles. The fourth-order valence-electron chi connectivity index (χ4n) is 3.13. The Kier molecular flexibility index (Phi) is 3.86. The Bertz CT molecular complexity index is 700. The first-order valence-corrected chi connectivity index (χ1v) is 8.88. The van der Waals surface area contributed by atoms with Gasteiger partial charge in [0.15, 0.2) is 0 Å². The zero-order valence-electron chi connectivity index (χ0n) is 12.4. The van der Waals surface area contributed by atoms with Gasteiger partial charge in [0.05, 0.1) is 4.90 Å². The molecule has 7 heteroatoms. The number of benzene rings is 1. The summed E-state index contributed by atoms with van der Waals surface area (Å²) in [7, 11) is -3.80. The molecule has 2 aliphatic rings. The van der Waals surface area contributed by atoms with Gasteiger partial charge in [0.1, 0.15) is 17.9 Å². The number of rotatable bonds is 3. The SMILES string of the molecule is CC1Cc2cc(S(=O)(=O)N3CCCCC3C(=O)O)ccc2O1. The molecule has 0 radical (unpaired) electrons. The summed E-state index contributed by atoms with van der Waals surface area (Å²) in [5, 5.41) is 9.28. The van der Waals surface area contributed by atoms with Gasteiger partial charge in [-0.25, -0.2) is 8.42 Å². The maximum atomic E-state index is 12.8. The molecule has 1 fully saturated rings. The maximum Gasteiger partial charge on any atom is 0.322 e. The molecule has 1 aromatic carbocycles. The van der Waals surface area contributed by atoms with Crippen molar-refractivity contribution in [1.82, 2.24) is 4.31 Å². The molecule has 1 N–H and O–H groups in total. The van der Waals surface area contributed by atoms with Gasteiger partial charge in [0, 0.05) is 13.0 Å². The normalized spacial score (nSPS) is 25.5. The van der Waals surface area contributed by atoms with Crippen molar-refractivity contribution in [2.75, 3.05) is 6.54 Å². The lowest BCUT2D eigenvalue weighted by Gasteiger charge is -2.31. The van der Waals surface area contributed by atoms with Crippen LogP contribution in [-0.2, 0) is 21.2 Å². The van der Waals surface area contributed by atoms with E-state index in [1.54, 1.807) is 12.1 Å². The minimum Gasteiger partial charge on any atom is -0.490 e. The average Bonchev–Trinajstić information content (AvgIpc) is 2.86. The lowest BCUT2D eigenvalue weighted by molar-refractivity contribution is -0.142. The number of carbonyl (C=O) groups is 1. The van der Waals surface area contributed by atoms with Crippen LogP contribution in [-0.4, -0.2) is 42.5 Å². The van der Waals surface area contributed by atoms with Crippen molar-refractivity contribution in [3.05, 3.63) is 23.8 Å². The first-order chi connectivity index (χ1) is 10.4. The number of sulfonamides is 1. The van der Waals surface area contributed by atoms with E-state index in [4.69, 9.17) is 4.74 Å². The van der Waals surface area contributed by atoms with E-state index >= 15 is 0 Å². The van der Waals surface area contributed by atoms with Gasteiger partial charge < -0.3 is 9.84 Å². The van der Waals surface area contributed by atoms with Crippen LogP contribution in [0, 0.1) is 0 Å². The van der Waals surface area contributed by atoms with Crippen molar-refractivity contribution < 1.29 is 23.1 Å². The van der Waals surface area contributed by atoms with E-state index in [1.165, 1.54) is 6.07 Å². The molecule has 0 saturated carbocycles. The lowest BCUT2D eigenvalue weighted by Crippen LogP contribution is -2.47. The second-order valence-corrected chi connectivity index (χ2v) is 7.76. The smallest absolute Gasteiger partial charge is 0.322 e. The summed E-state index contributed by atoms with van der Waals surface area (Å²) in [5.74, 6) is -0.374. The largest absolute Gasteiger partial charge is 0.490 e. The average molecular weight is 325 g/mol. The second kappa shape index (κ2) is 5.55. The Morgan fingerprint density at radius 1 is 1.36 bits per heavy atom. The summed E-state index contributed by atoms with van der Waals surface area (Å²) in [6.45, 7) is 2.18. The summed E-state index contributed by atoms with van der Waals surface area (Å²) >= 11 is 0. The van der Waals surface area contributed by atoms with Crippen molar-refractivity contribution in [3.63, 3.8) is 0 Å². The predicted molar refractivity (Wildman–Crippen MR) is 79.4 cm³/mol. The third-order valence-electron chi connectivity index (χ3n) is 4.21. The molecule has 0 amide bonds. The summed E-state index contributed by atoms with van der Waals surface area (Å²) in [6.07, 6.45) is 2.49. The van der Waals surface area contributed by atoms with Gasteiger partial charge >= 0.3 is 5.97 Å². The quantitative estimate of drug-likeness (QED) is 0.913. The Labute approximate surface area is 129 Å². The first kappa shape index (κ1) is 15.3. The van der Waals surface area contributed by atoms with Crippen molar-refractivity contribution in [2.45, 2.75) is 49.6 Å². The van der Waals surface area contributed by atoms with Crippen LogP contribution >= 0.6 is 0 Å². The fourth-order valence-corrected chi connectivity index (χ4v) is 4.84. The van der Waals surface area contributed by atoms with Gasteiger partial charge in [-0.15, -0.1) is 0 Å². The molecule has 2 atom stereocenters. The van der Waals surface area contributed by atoms with E-state index in [1.807, 2.05) is 6.92 Å². The molecule has 0 bridgehead atoms. The van der Waals surface area contributed by atoms with E-state index in [0.717, 1.165) is 16.3 Å². The number of hydrogen-bond donors (Lipinski definition) is 1. The molecule has 2 unspecified atom stereocenters. The summed E-state index contributed by atoms with van der Waals surface area (Å²) < 4.78 is 32.3. The highest BCUT2D eigenvalue weighted by Gasteiger charge is 2.38. The number of hydrogen-bond acceptors (Lipinski definition) is 4. The van der Waals surface area contributed by atoms with Crippen LogP contribution < -0.4 is 4.74 Å². The van der Waals surface area contributed by atoms with Crippen LogP contribution in [0.25, 0.3) is 0 Å². The van der Waals surface area contributed by atoms with Gasteiger partial charge in [-0.2, -0.15) is 4.31 Å². The van der Waals surface area contributed by atoms with Crippen LogP contribution in [0.15, 0.2) is 23.1 Å². The van der Waals surface area contributed by atoms with Gasteiger partial charge in [0.25, 0.3) is 0 Å². The Hall–Kier alpha value is -1.60. The molecule has 2 heterocycles. The molecule has 22 heavy (non-hydrogen) atoms. The zero-order chi connectivity index (χ0) is 15.9. The number of aliphatic carboxylic acids is 1. The van der Waals surface area contributed by atoms with E-state index in [-0.39, 0.29) is 17.5 Å². The van der Waals surface area contributed by atoms with Crippen molar-refractivity contribution in [3.8, 4) is 5.75 Å². The Morgan fingerprint density at radius 3 is 2.86 bits per heavy atom. The summed E-state index contributed by atoms with van der Waals surface area (Å²) in [6, 6.07) is 3.80. The molecule has 0 spiro atoms. The maximum absolute atomic E-state index is 12.8. The molecular weight excluding hydrogens is 306 g/mol. The number of carboxylic acids is 1. The third kappa shape index (κ3) is 2.59. The van der Waals surface area contributed by atoms with Crippen LogP contribution in [0.5, 0.6) is 5.75 Å². The van der Waals surface area contributed by atoms with E-state index < -0.39 is 22.0 Å². The lowest BCUT2D eigenvalue weighted by atomic mass is 10.1. The van der Waals surface area contributed by atoms with Gasteiger partial charge in [-0.1, -0.05) is 0 Å². The zero-order valence-corrected chi connectivity index (χ0v) is 13.2. The standard InChI is InChI=1S/C15H19NO5S/c1-10-8-11-9-12(5-6-14(11)21-10)22(19,20)16-7-3-2-4-13(16)15(17)18/h5-6,9-10,13H,2-4,7-8H2,1H3,(H,17,18). The summed E-state index contributed by atoms with van der Waals surface area (Å²) in [5.41, 5.74) is 0.859. The van der Waals surface area contributed by atoms with Crippen molar-refractivity contribution in [1.29, 1.82) is 0 Å². The highest BCUT2D eigenvalue weighted by atomic mass is 32.2. The second-order valence-electron chi connectivity index (χ2n) is 5.87. The number of fused-ring (bicyclic) bond motifs is 1. The minimum atomic E-state index is -3.80. The number of carboxylic acid groups (broad SMARTS) is 1. The minimum absolute atomic E-state index is 0.0368. The molecule has 1 saturated heterocycles. The molecule has 0 aromatic heterocycles. The Balaban J connectivity index is 1.96. The Morgan fingerprint density at radius 2 is 2.14 bits per heavy atom. The number of nitrogens with zero attached hydrogens (tertiary/aromatic N) is 1. The summed E-state index contributed by atoms with van der Waals surface area (Å²) in [4.78, 5) is 11.5. The highest BCUT2D eigenvalue weighted by Crippen LogP contribution is 2.33. The number of piperidine rings is 1. The monoisotopic (exact) mass is 325 g/mol.